The van der Waals surface area contributed by atoms with Gasteiger partial charge in [-0.2, -0.15) is 13.2 Å². The van der Waals surface area contributed by atoms with Crippen LogP contribution in [0.1, 0.15) is 21.5 Å². The van der Waals surface area contributed by atoms with Crippen LogP contribution >= 0.6 is 0 Å². The fourth-order valence-electron chi connectivity index (χ4n) is 1.72. The highest BCUT2D eigenvalue weighted by Crippen LogP contribution is 2.30. The number of hydrogen-bond acceptors (Lipinski definition) is 2. The fraction of sp³-hybridized carbons (Fsp3) is 0.143. The van der Waals surface area contributed by atoms with Crippen LogP contribution in [-0.4, -0.2) is 10.9 Å². The van der Waals surface area contributed by atoms with Crippen molar-refractivity contribution in [3.63, 3.8) is 0 Å². The number of aromatic nitrogens is 1. The van der Waals surface area contributed by atoms with Gasteiger partial charge in [-0.3, -0.25) is 4.79 Å². The molecule has 0 spiro atoms. The monoisotopic (exact) mass is 280 g/mol. The van der Waals surface area contributed by atoms with E-state index < -0.39 is 17.6 Å². The molecule has 0 bridgehead atoms. The Hall–Kier alpha value is -2.37. The number of amides is 1. The van der Waals surface area contributed by atoms with Crippen LogP contribution < -0.4 is 5.32 Å². The first-order valence-electron chi connectivity index (χ1n) is 5.78. The minimum atomic E-state index is -4.42. The minimum absolute atomic E-state index is 0.184. The van der Waals surface area contributed by atoms with Crippen LogP contribution in [0.15, 0.2) is 42.6 Å². The van der Waals surface area contributed by atoms with Crippen LogP contribution in [0.3, 0.4) is 0 Å². The van der Waals surface area contributed by atoms with Crippen molar-refractivity contribution in [2.75, 3.05) is 5.32 Å². The zero-order valence-corrected chi connectivity index (χ0v) is 10.5. The number of benzene rings is 1. The van der Waals surface area contributed by atoms with Gasteiger partial charge in [-0.05, 0) is 42.8 Å². The standard InChI is InChI=1S/C14H11F3N2O/c1-9-8-10(14(15,16)17)5-6-11(9)13(20)19-12-4-2-3-7-18-12/h2-8H,1H3,(H,18,19,20). The molecule has 0 saturated heterocycles. The number of alkyl halides is 3. The summed E-state index contributed by atoms with van der Waals surface area (Å²) in [4.78, 5) is 15.9. The molecule has 1 aromatic carbocycles. The van der Waals surface area contributed by atoms with E-state index in [4.69, 9.17) is 0 Å². The Morgan fingerprint density at radius 3 is 2.50 bits per heavy atom. The van der Waals surface area contributed by atoms with Gasteiger partial charge in [0.25, 0.3) is 5.91 Å². The Balaban J connectivity index is 2.23. The summed E-state index contributed by atoms with van der Waals surface area (Å²) in [5.41, 5.74) is -0.332. The van der Waals surface area contributed by atoms with E-state index in [2.05, 4.69) is 10.3 Å². The van der Waals surface area contributed by atoms with Crippen LogP contribution in [0.2, 0.25) is 0 Å². The highest BCUT2D eigenvalue weighted by molar-refractivity contribution is 6.04. The zero-order valence-electron chi connectivity index (χ0n) is 10.5. The van der Waals surface area contributed by atoms with Crippen molar-refractivity contribution in [3.05, 3.63) is 59.3 Å². The predicted molar refractivity (Wildman–Crippen MR) is 68.4 cm³/mol. The number of carbonyl (C=O) groups excluding carboxylic acids is 1. The molecule has 1 N–H and O–H groups in total. The third-order valence-corrected chi connectivity index (χ3v) is 2.70. The second-order valence-corrected chi connectivity index (χ2v) is 4.20. The average Bonchev–Trinajstić information content (AvgIpc) is 2.38. The SMILES string of the molecule is Cc1cc(C(F)(F)F)ccc1C(=O)Nc1ccccn1. The second kappa shape index (κ2) is 5.32. The number of aryl methyl sites for hydroxylation is 1. The Morgan fingerprint density at radius 1 is 1.20 bits per heavy atom. The molecule has 0 radical (unpaired) electrons. The van der Waals surface area contributed by atoms with Crippen LogP contribution in [0, 0.1) is 6.92 Å². The molecule has 1 heterocycles. The van der Waals surface area contributed by atoms with Gasteiger partial charge >= 0.3 is 6.18 Å². The van der Waals surface area contributed by atoms with Gasteiger partial charge < -0.3 is 5.32 Å². The van der Waals surface area contributed by atoms with E-state index in [-0.39, 0.29) is 11.1 Å². The zero-order chi connectivity index (χ0) is 14.8. The first-order chi connectivity index (χ1) is 9.38. The maximum absolute atomic E-state index is 12.5. The number of halogens is 3. The van der Waals surface area contributed by atoms with Crippen molar-refractivity contribution in [3.8, 4) is 0 Å². The third kappa shape index (κ3) is 3.14. The lowest BCUT2D eigenvalue weighted by atomic mass is 10.0. The summed E-state index contributed by atoms with van der Waals surface area (Å²) in [5, 5.41) is 2.53. The summed E-state index contributed by atoms with van der Waals surface area (Å²) >= 11 is 0. The molecule has 1 aromatic heterocycles. The lowest BCUT2D eigenvalue weighted by Gasteiger charge is -2.11. The Kier molecular flexibility index (Phi) is 3.74. The third-order valence-electron chi connectivity index (χ3n) is 2.70. The normalized spacial score (nSPS) is 11.2. The molecule has 0 aliphatic heterocycles. The maximum Gasteiger partial charge on any atom is 0.416 e. The number of rotatable bonds is 2. The summed E-state index contributed by atoms with van der Waals surface area (Å²) in [6.45, 7) is 1.46. The molecule has 2 aromatic rings. The molecule has 0 aliphatic carbocycles. The summed E-state index contributed by atoms with van der Waals surface area (Å²) < 4.78 is 37.6. The average molecular weight is 280 g/mol. The minimum Gasteiger partial charge on any atom is -0.307 e. The number of nitrogens with one attached hydrogen (secondary N) is 1. The molecular weight excluding hydrogens is 269 g/mol. The van der Waals surface area contributed by atoms with Gasteiger partial charge in [0, 0.05) is 11.8 Å². The van der Waals surface area contributed by atoms with Crippen molar-refractivity contribution in [1.29, 1.82) is 0 Å². The molecule has 20 heavy (non-hydrogen) atoms. The quantitative estimate of drug-likeness (QED) is 0.912. The highest BCUT2D eigenvalue weighted by atomic mass is 19.4. The first-order valence-corrected chi connectivity index (χ1v) is 5.78. The molecule has 0 fully saturated rings. The molecule has 0 aliphatic rings. The van der Waals surface area contributed by atoms with Gasteiger partial charge in [0.05, 0.1) is 5.56 Å². The molecular formula is C14H11F3N2O. The fourth-order valence-corrected chi connectivity index (χ4v) is 1.72. The molecule has 1 amide bonds. The molecule has 0 saturated carbocycles. The van der Waals surface area contributed by atoms with E-state index in [0.29, 0.717) is 5.82 Å². The van der Waals surface area contributed by atoms with Gasteiger partial charge in [-0.1, -0.05) is 6.07 Å². The highest BCUT2D eigenvalue weighted by Gasteiger charge is 2.31. The number of carbonyl (C=O) groups is 1. The number of pyridine rings is 1. The van der Waals surface area contributed by atoms with E-state index in [1.54, 1.807) is 18.2 Å². The Labute approximate surface area is 113 Å². The molecule has 6 heteroatoms. The van der Waals surface area contributed by atoms with E-state index in [1.165, 1.54) is 13.1 Å². The first kappa shape index (κ1) is 14.0. The Bertz CT molecular complexity index is 624. The van der Waals surface area contributed by atoms with Crippen LogP contribution in [0.25, 0.3) is 0 Å². The maximum atomic E-state index is 12.5. The van der Waals surface area contributed by atoms with Gasteiger partial charge in [0.1, 0.15) is 5.82 Å². The molecule has 2 rings (SSSR count). The lowest BCUT2D eigenvalue weighted by molar-refractivity contribution is -0.137. The van der Waals surface area contributed by atoms with Crippen molar-refractivity contribution >= 4 is 11.7 Å². The van der Waals surface area contributed by atoms with Gasteiger partial charge in [-0.15, -0.1) is 0 Å². The lowest BCUT2D eigenvalue weighted by Crippen LogP contribution is -2.15. The molecule has 0 atom stereocenters. The van der Waals surface area contributed by atoms with Crippen LogP contribution in [-0.2, 0) is 6.18 Å². The molecule has 0 unspecified atom stereocenters. The summed E-state index contributed by atoms with van der Waals surface area (Å²) in [6, 6.07) is 7.99. The van der Waals surface area contributed by atoms with Crippen molar-refractivity contribution < 1.29 is 18.0 Å². The Morgan fingerprint density at radius 2 is 1.95 bits per heavy atom. The molecule has 104 valence electrons. The second-order valence-electron chi connectivity index (χ2n) is 4.20. The summed E-state index contributed by atoms with van der Waals surface area (Å²) in [7, 11) is 0. The number of nitrogens with zero attached hydrogens (tertiary/aromatic N) is 1. The van der Waals surface area contributed by atoms with E-state index in [9.17, 15) is 18.0 Å². The van der Waals surface area contributed by atoms with Crippen LogP contribution in [0.4, 0.5) is 19.0 Å². The van der Waals surface area contributed by atoms with Gasteiger partial charge in [0.15, 0.2) is 0 Å². The van der Waals surface area contributed by atoms with Crippen molar-refractivity contribution in [2.24, 2.45) is 0 Å². The van der Waals surface area contributed by atoms with Crippen LogP contribution in [0.5, 0.6) is 0 Å². The van der Waals surface area contributed by atoms with Crippen molar-refractivity contribution in [2.45, 2.75) is 13.1 Å². The van der Waals surface area contributed by atoms with E-state index in [1.807, 2.05) is 0 Å². The number of hydrogen-bond donors (Lipinski definition) is 1. The van der Waals surface area contributed by atoms with Gasteiger partial charge in [-0.25, -0.2) is 4.98 Å². The van der Waals surface area contributed by atoms with E-state index in [0.717, 1.165) is 18.2 Å². The topological polar surface area (TPSA) is 42.0 Å². The van der Waals surface area contributed by atoms with E-state index >= 15 is 0 Å². The van der Waals surface area contributed by atoms with Crippen molar-refractivity contribution in [1.82, 2.24) is 4.98 Å². The number of anilines is 1. The predicted octanol–water partition coefficient (Wildman–Crippen LogP) is 3.66. The summed E-state index contributed by atoms with van der Waals surface area (Å²) in [6.07, 6.45) is -2.91. The summed E-state index contributed by atoms with van der Waals surface area (Å²) in [5.74, 6) is -0.147. The largest absolute Gasteiger partial charge is 0.416 e. The van der Waals surface area contributed by atoms with Gasteiger partial charge in [0.2, 0.25) is 0 Å². The molecule has 3 nitrogen and oxygen atoms in total. The smallest absolute Gasteiger partial charge is 0.307 e.